The van der Waals surface area contributed by atoms with Crippen LogP contribution < -0.4 is 10.6 Å². The molecule has 27 heavy (non-hydrogen) atoms. The Kier molecular flexibility index (Phi) is 6.10. The summed E-state index contributed by atoms with van der Waals surface area (Å²) < 4.78 is 18.3. The van der Waals surface area contributed by atoms with Gasteiger partial charge >= 0.3 is 0 Å². The molecule has 0 unspecified atom stereocenters. The first-order valence-corrected chi connectivity index (χ1v) is 8.77. The molecule has 0 fully saturated rings. The SMILES string of the molecule is O=C(CSc1nnc(-c2cccnc2)o1)NCC(=O)Nc1ccc(F)cc1. The molecule has 0 spiro atoms. The van der Waals surface area contributed by atoms with Crippen LogP contribution >= 0.6 is 11.8 Å². The number of rotatable bonds is 7. The molecule has 8 nitrogen and oxygen atoms in total. The second-order valence-corrected chi connectivity index (χ2v) is 6.16. The quantitative estimate of drug-likeness (QED) is 0.598. The maximum Gasteiger partial charge on any atom is 0.277 e. The monoisotopic (exact) mass is 387 g/mol. The Balaban J connectivity index is 1.41. The lowest BCUT2D eigenvalue weighted by molar-refractivity contribution is -0.122. The van der Waals surface area contributed by atoms with E-state index in [1.807, 2.05) is 0 Å². The molecule has 3 aromatic rings. The molecule has 0 aliphatic heterocycles. The van der Waals surface area contributed by atoms with Crippen LogP contribution in [-0.2, 0) is 9.59 Å². The van der Waals surface area contributed by atoms with Crippen molar-refractivity contribution < 1.29 is 18.4 Å². The van der Waals surface area contributed by atoms with Crippen molar-refractivity contribution in [3.05, 3.63) is 54.6 Å². The first-order valence-electron chi connectivity index (χ1n) is 7.79. The Bertz CT molecular complexity index is 918. The number of hydrogen-bond acceptors (Lipinski definition) is 7. The van der Waals surface area contributed by atoms with E-state index in [1.54, 1.807) is 24.5 Å². The molecule has 0 bridgehead atoms. The van der Waals surface area contributed by atoms with Crippen LogP contribution in [0.1, 0.15) is 0 Å². The van der Waals surface area contributed by atoms with Crippen LogP contribution in [-0.4, -0.2) is 39.3 Å². The number of amides is 2. The molecular weight excluding hydrogens is 373 g/mol. The molecular formula is C17H14FN5O3S. The van der Waals surface area contributed by atoms with Gasteiger partial charge in [-0.05, 0) is 36.4 Å². The Morgan fingerprint density at radius 2 is 1.93 bits per heavy atom. The molecule has 138 valence electrons. The Morgan fingerprint density at radius 3 is 2.67 bits per heavy atom. The lowest BCUT2D eigenvalue weighted by atomic mass is 10.3. The van der Waals surface area contributed by atoms with Crippen molar-refractivity contribution >= 4 is 29.3 Å². The summed E-state index contributed by atoms with van der Waals surface area (Å²) in [6, 6.07) is 8.85. The summed E-state index contributed by atoms with van der Waals surface area (Å²) in [6.45, 7) is -0.207. The summed E-state index contributed by atoms with van der Waals surface area (Å²) >= 11 is 1.06. The number of aromatic nitrogens is 3. The summed E-state index contributed by atoms with van der Waals surface area (Å²) in [6.07, 6.45) is 3.22. The predicted molar refractivity (Wildman–Crippen MR) is 96.3 cm³/mol. The Morgan fingerprint density at radius 1 is 1.11 bits per heavy atom. The van der Waals surface area contributed by atoms with Crippen molar-refractivity contribution in [1.29, 1.82) is 0 Å². The number of carbonyl (C=O) groups excluding carboxylic acids is 2. The van der Waals surface area contributed by atoms with Gasteiger partial charge in [-0.3, -0.25) is 14.6 Å². The zero-order chi connectivity index (χ0) is 19.1. The molecule has 3 rings (SSSR count). The van der Waals surface area contributed by atoms with Gasteiger partial charge in [0.2, 0.25) is 17.7 Å². The van der Waals surface area contributed by atoms with Crippen LogP contribution in [0.25, 0.3) is 11.5 Å². The van der Waals surface area contributed by atoms with Crippen LogP contribution in [0.2, 0.25) is 0 Å². The summed E-state index contributed by atoms with van der Waals surface area (Å²) in [7, 11) is 0. The van der Waals surface area contributed by atoms with E-state index in [2.05, 4.69) is 25.8 Å². The van der Waals surface area contributed by atoms with Gasteiger partial charge in [0.25, 0.3) is 5.22 Å². The van der Waals surface area contributed by atoms with Crippen LogP contribution in [0.3, 0.4) is 0 Å². The van der Waals surface area contributed by atoms with E-state index in [4.69, 9.17) is 4.42 Å². The van der Waals surface area contributed by atoms with E-state index in [0.29, 0.717) is 17.1 Å². The van der Waals surface area contributed by atoms with E-state index in [9.17, 15) is 14.0 Å². The van der Waals surface area contributed by atoms with Crippen LogP contribution in [0, 0.1) is 5.82 Å². The van der Waals surface area contributed by atoms with Crippen LogP contribution in [0.4, 0.5) is 10.1 Å². The zero-order valence-corrected chi connectivity index (χ0v) is 14.7. The number of nitrogens with one attached hydrogen (secondary N) is 2. The lowest BCUT2D eigenvalue weighted by Crippen LogP contribution is -2.33. The smallest absolute Gasteiger partial charge is 0.277 e. The number of hydrogen-bond donors (Lipinski definition) is 2. The summed E-state index contributed by atoms with van der Waals surface area (Å²) in [5.74, 6) is -0.860. The average Bonchev–Trinajstić information content (AvgIpc) is 3.16. The third-order valence-electron chi connectivity index (χ3n) is 3.22. The van der Waals surface area contributed by atoms with Gasteiger partial charge in [-0.1, -0.05) is 11.8 Å². The molecule has 0 radical (unpaired) electrons. The molecule has 1 aromatic carbocycles. The van der Waals surface area contributed by atoms with Gasteiger partial charge in [0.05, 0.1) is 17.9 Å². The summed E-state index contributed by atoms with van der Waals surface area (Å²) in [5.41, 5.74) is 1.12. The number of pyridine rings is 1. The molecule has 2 aromatic heterocycles. The minimum Gasteiger partial charge on any atom is -0.411 e. The van der Waals surface area contributed by atoms with Gasteiger partial charge in [-0.2, -0.15) is 0 Å². The van der Waals surface area contributed by atoms with E-state index >= 15 is 0 Å². The second kappa shape index (κ2) is 8.90. The second-order valence-electron chi connectivity index (χ2n) is 5.24. The molecule has 10 heteroatoms. The van der Waals surface area contributed by atoms with Crippen molar-refractivity contribution in [2.75, 3.05) is 17.6 Å². The molecule has 2 heterocycles. The average molecular weight is 387 g/mol. The predicted octanol–water partition coefficient (Wildman–Crippen LogP) is 2.12. The number of benzene rings is 1. The van der Waals surface area contributed by atoms with E-state index in [0.717, 1.165) is 11.8 Å². The van der Waals surface area contributed by atoms with E-state index < -0.39 is 11.7 Å². The van der Waals surface area contributed by atoms with Crippen molar-refractivity contribution in [3.63, 3.8) is 0 Å². The van der Waals surface area contributed by atoms with Crippen molar-refractivity contribution in [2.45, 2.75) is 5.22 Å². The molecule has 2 amide bonds. The summed E-state index contributed by atoms with van der Waals surface area (Å²) in [5, 5.41) is 13.0. The highest BCUT2D eigenvalue weighted by atomic mass is 32.2. The minimum atomic E-state index is -0.420. The van der Waals surface area contributed by atoms with Crippen molar-refractivity contribution in [2.24, 2.45) is 0 Å². The first-order chi connectivity index (χ1) is 13.1. The van der Waals surface area contributed by atoms with E-state index in [1.165, 1.54) is 24.3 Å². The van der Waals surface area contributed by atoms with Crippen LogP contribution in [0.15, 0.2) is 58.4 Å². The topological polar surface area (TPSA) is 110 Å². The van der Waals surface area contributed by atoms with E-state index in [-0.39, 0.29) is 23.4 Å². The van der Waals surface area contributed by atoms with Crippen molar-refractivity contribution in [1.82, 2.24) is 20.5 Å². The molecule has 0 aliphatic rings. The van der Waals surface area contributed by atoms with Crippen LogP contribution in [0.5, 0.6) is 0 Å². The van der Waals surface area contributed by atoms with Gasteiger partial charge in [-0.15, -0.1) is 10.2 Å². The number of carbonyl (C=O) groups is 2. The number of anilines is 1. The Hall–Kier alpha value is -3.27. The van der Waals surface area contributed by atoms with Gasteiger partial charge < -0.3 is 15.1 Å². The third-order valence-corrected chi connectivity index (χ3v) is 4.03. The number of halogens is 1. The van der Waals surface area contributed by atoms with Crippen molar-refractivity contribution in [3.8, 4) is 11.5 Å². The number of thioether (sulfide) groups is 1. The molecule has 0 atom stereocenters. The number of nitrogens with zero attached hydrogens (tertiary/aromatic N) is 3. The van der Waals surface area contributed by atoms with Gasteiger partial charge in [-0.25, -0.2) is 4.39 Å². The molecule has 0 saturated carbocycles. The van der Waals surface area contributed by atoms with Gasteiger partial charge in [0.1, 0.15) is 5.82 Å². The third kappa shape index (κ3) is 5.61. The fourth-order valence-electron chi connectivity index (χ4n) is 1.97. The zero-order valence-electron chi connectivity index (χ0n) is 13.9. The normalized spacial score (nSPS) is 10.4. The summed E-state index contributed by atoms with van der Waals surface area (Å²) in [4.78, 5) is 27.6. The highest BCUT2D eigenvalue weighted by molar-refractivity contribution is 7.99. The fraction of sp³-hybridized carbons (Fsp3) is 0.118. The fourth-order valence-corrected chi connectivity index (χ4v) is 2.56. The molecule has 0 aliphatic carbocycles. The highest BCUT2D eigenvalue weighted by Gasteiger charge is 2.12. The molecule has 2 N–H and O–H groups in total. The van der Waals surface area contributed by atoms with Gasteiger partial charge in [0, 0.05) is 18.1 Å². The maximum atomic E-state index is 12.8. The first kappa shape index (κ1) is 18.5. The maximum absolute atomic E-state index is 12.8. The Labute approximate surface area is 157 Å². The van der Waals surface area contributed by atoms with Gasteiger partial charge in [0.15, 0.2) is 0 Å². The highest BCUT2D eigenvalue weighted by Crippen LogP contribution is 2.22. The lowest BCUT2D eigenvalue weighted by Gasteiger charge is -2.06. The minimum absolute atomic E-state index is 0.0124. The standard InChI is InChI=1S/C17H14FN5O3S/c18-12-3-5-13(6-4-12)21-14(24)9-20-15(25)10-27-17-23-22-16(26-17)11-2-1-7-19-8-11/h1-8H,9-10H2,(H,20,25)(H,21,24). The molecule has 0 saturated heterocycles. The largest absolute Gasteiger partial charge is 0.411 e.